The number of hydrogen-bond donors (Lipinski definition) is 2. The Morgan fingerprint density at radius 2 is 1.90 bits per heavy atom. The molecule has 2 aliphatic rings. The fraction of sp³-hybridized carbons (Fsp3) is 0.400. The Hall–Kier alpha value is -3.52. The van der Waals surface area contributed by atoms with E-state index >= 15 is 0 Å². The maximum atomic E-state index is 13.6. The lowest BCUT2D eigenvalue weighted by atomic mass is 10.0. The Morgan fingerprint density at radius 3 is 2.56 bits per heavy atom. The van der Waals surface area contributed by atoms with Crippen molar-refractivity contribution >= 4 is 49.1 Å². The zero-order valence-electron chi connectivity index (χ0n) is 21.4. The first-order valence-electron chi connectivity index (χ1n) is 12.3. The summed E-state index contributed by atoms with van der Waals surface area (Å²) in [6.07, 6.45) is 2.33. The van der Waals surface area contributed by atoms with Gasteiger partial charge in [0.1, 0.15) is 16.5 Å². The van der Waals surface area contributed by atoms with E-state index in [9.17, 15) is 30.8 Å². The third-order valence-corrected chi connectivity index (χ3v) is 8.41. The minimum Gasteiger partial charge on any atom is -0.466 e. The number of nitrogens with zero attached hydrogens (tertiary/aromatic N) is 2. The van der Waals surface area contributed by atoms with Crippen LogP contribution in [0.5, 0.6) is 0 Å². The van der Waals surface area contributed by atoms with Crippen molar-refractivity contribution in [2.45, 2.75) is 50.1 Å². The summed E-state index contributed by atoms with van der Waals surface area (Å²) in [6, 6.07) is 9.06. The van der Waals surface area contributed by atoms with Crippen molar-refractivity contribution in [3.05, 3.63) is 53.8 Å². The van der Waals surface area contributed by atoms with Crippen molar-refractivity contribution in [3.63, 3.8) is 0 Å². The molecule has 0 aromatic heterocycles. The van der Waals surface area contributed by atoms with Crippen molar-refractivity contribution in [1.29, 1.82) is 0 Å². The van der Waals surface area contributed by atoms with Crippen LogP contribution in [0, 0.1) is 11.7 Å². The number of nitrogens with one attached hydrogen (secondary N) is 2. The molecule has 2 aromatic rings. The van der Waals surface area contributed by atoms with E-state index in [1.54, 1.807) is 19.1 Å². The van der Waals surface area contributed by atoms with E-state index in [1.807, 2.05) is 0 Å². The second kappa shape index (κ2) is 11.3. The first-order valence-corrected chi connectivity index (χ1v) is 15.6. The van der Waals surface area contributed by atoms with Crippen molar-refractivity contribution in [3.8, 4) is 0 Å². The molecule has 0 saturated heterocycles. The number of sulfonamides is 2. The summed E-state index contributed by atoms with van der Waals surface area (Å²) in [4.78, 5) is 27.5. The quantitative estimate of drug-likeness (QED) is 0.430. The SMILES string of the molecule is CCOC(=O)C1CCCC1N(Cc1ccc(F)cc1)C(=O)CC1=NS(=O)(=O)c2cc(NS(C)(=O)=O)ccc2N1. The van der Waals surface area contributed by atoms with E-state index in [4.69, 9.17) is 4.74 Å². The molecule has 0 radical (unpaired) electrons. The van der Waals surface area contributed by atoms with E-state index in [2.05, 4.69) is 14.4 Å². The van der Waals surface area contributed by atoms with E-state index in [-0.39, 0.29) is 35.3 Å². The molecule has 4 rings (SSSR count). The summed E-state index contributed by atoms with van der Waals surface area (Å²) < 4.78 is 73.6. The number of benzene rings is 2. The molecule has 210 valence electrons. The van der Waals surface area contributed by atoms with Crippen molar-refractivity contribution in [1.82, 2.24) is 4.90 Å². The van der Waals surface area contributed by atoms with Gasteiger partial charge in [0.15, 0.2) is 0 Å². The molecule has 0 bridgehead atoms. The molecule has 39 heavy (non-hydrogen) atoms. The minimum atomic E-state index is -4.25. The lowest BCUT2D eigenvalue weighted by molar-refractivity contribution is -0.151. The molecule has 1 amide bonds. The van der Waals surface area contributed by atoms with Gasteiger partial charge in [0.2, 0.25) is 15.9 Å². The molecular formula is C25H29FN4O7S2. The molecule has 1 heterocycles. The zero-order valence-corrected chi connectivity index (χ0v) is 23.0. The molecule has 2 aromatic carbocycles. The Bertz CT molecular complexity index is 1510. The smallest absolute Gasteiger partial charge is 0.311 e. The molecule has 0 spiro atoms. The van der Waals surface area contributed by atoms with Gasteiger partial charge in [-0.15, -0.1) is 4.40 Å². The third-order valence-electron chi connectivity index (χ3n) is 6.45. The monoisotopic (exact) mass is 580 g/mol. The molecule has 2 N–H and O–H groups in total. The number of hydrogen-bond acceptors (Lipinski definition) is 8. The average Bonchev–Trinajstić information content (AvgIpc) is 3.32. The topological polar surface area (TPSA) is 151 Å². The van der Waals surface area contributed by atoms with Gasteiger partial charge in [-0.3, -0.25) is 14.3 Å². The van der Waals surface area contributed by atoms with Crippen molar-refractivity contribution in [2.24, 2.45) is 10.3 Å². The Balaban J connectivity index is 1.60. The first-order chi connectivity index (χ1) is 18.4. The van der Waals surface area contributed by atoms with Crippen LogP contribution < -0.4 is 10.0 Å². The average molecular weight is 581 g/mol. The summed E-state index contributed by atoms with van der Waals surface area (Å²) in [7, 11) is -7.88. The van der Waals surface area contributed by atoms with Gasteiger partial charge in [-0.2, -0.15) is 8.42 Å². The highest BCUT2D eigenvalue weighted by molar-refractivity contribution is 7.92. The molecule has 2 unspecified atom stereocenters. The second-order valence-electron chi connectivity index (χ2n) is 9.40. The third kappa shape index (κ3) is 6.92. The number of carbonyl (C=O) groups is 2. The number of halogens is 1. The van der Waals surface area contributed by atoms with Gasteiger partial charge in [0.05, 0.1) is 30.9 Å². The standard InChI is InChI=1S/C25H29FN4O7S2/c1-3-37-25(32)19-5-4-6-21(19)30(15-16-7-9-17(26)10-8-16)24(31)14-23-27-20-12-11-18(28-38(2,33)34)13-22(20)39(35,36)29-23/h7-13,19,21,28H,3-6,14-15H2,1-2H3,(H,27,29). The van der Waals surface area contributed by atoms with E-state index in [1.165, 1.54) is 29.2 Å². The van der Waals surface area contributed by atoms with Crippen LogP contribution in [0.3, 0.4) is 0 Å². The number of ether oxygens (including phenoxy) is 1. The van der Waals surface area contributed by atoms with E-state index < -0.39 is 56.1 Å². The van der Waals surface area contributed by atoms with Crippen LogP contribution in [0.25, 0.3) is 0 Å². The number of amidine groups is 1. The van der Waals surface area contributed by atoms with Crippen LogP contribution in [-0.2, 0) is 40.9 Å². The number of carbonyl (C=O) groups excluding carboxylic acids is 2. The van der Waals surface area contributed by atoms with Crippen LogP contribution in [-0.4, -0.2) is 58.4 Å². The largest absolute Gasteiger partial charge is 0.466 e. The van der Waals surface area contributed by atoms with Gasteiger partial charge >= 0.3 is 5.97 Å². The normalized spacial score (nSPS) is 19.8. The highest BCUT2D eigenvalue weighted by atomic mass is 32.2. The molecule has 1 fully saturated rings. The van der Waals surface area contributed by atoms with Gasteiger partial charge < -0.3 is 15.0 Å². The van der Waals surface area contributed by atoms with E-state index in [0.717, 1.165) is 12.3 Å². The first kappa shape index (κ1) is 28.5. The predicted octanol–water partition coefficient (Wildman–Crippen LogP) is 2.86. The number of fused-ring (bicyclic) bond motifs is 1. The van der Waals surface area contributed by atoms with Gasteiger partial charge in [-0.1, -0.05) is 18.6 Å². The molecule has 1 aliphatic carbocycles. The maximum Gasteiger partial charge on any atom is 0.311 e. The number of esters is 1. The highest BCUT2D eigenvalue weighted by Gasteiger charge is 2.40. The molecule has 1 saturated carbocycles. The second-order valence-corrected chi connectivity index (χ2v) is 12.7. The Kier molecular flexibility index (Phi) is 8.25. The van der Waals surface area contributed by atoms with Crippen LogP contribution in [0.15, 0.2) is 51.8 Å². The van der Waals surface area contributed by atoms with Crippen LogP contribution in [0.1, 0.15) is 38.2 Å². The minimum absolute atomic E-state index is 0.0491. The predicted molar refractivity (Wildman–Crippen MR) is 142 cm³/mol. The maximum absolute atomic E-state index is 13.6. The van der Waals surface area contributed by atoms with Crippen molar-refractivity contribution < 1.29 is 35.6 Å². The summed E-state index contributed by atoms with van der Waals surface area (Å²) in [5.41, 5.74) is 0.831. The summed E-state index contributed by atoms with van der Waals surface area (Å²) >= 11 is 0. The summed E-state index contributed by atoms with van der Waals surface area (Å²) in [6.45, 7) is 1.98. The molecule has 1 aliphatic heterocycles. The Morgan fingerprint density at radius 1 is 1.18 bits per heavy atom. The van der Waals surface area contributed by atoms with Crippen LogP contribution >= 0.6 is 0 Å². The molecule has 14 heteroatoms. The number of rotatable bonds is 9. The lowest BCUT2D eigenvalue weighted by Gasteiger charge is -2.33. The van der Waals surface area contributed by atoms with Gasteiger partial charge in [-0.25, -0.2) is 12.8 Å². The fourth-order valence-corrected chi connectivity index (χ4v) is 6.55. The van der Waals surface area contributed by atoms with Crippen LogP contribution in [0.4, 0.5) is 15.8 Å². The highest BCUT2D eigenvalue weighted by Crippen LogP contribution is 2.34. The molecule has 11 nitrogen and oxygen atoms in total. The summed E-state index contributed by atoms with van der Waals surface area (Å²) in [5, 5.41) is 2.85. The Labute approximate surface area is 226 Å². The number of anilines is 2. The van der Waals surface area contributed by atoms with Crippen molar-refractivity contribution in [2.75, 3.05) is 22.9 Å². The van der Waals surface area contributed by atoms with E-state index in [0.29, 0.717) is 24.8 Å². The molecule has 2 atom stereocenters. The summed E-state index contributed by atoms with van der Waals surface area (Å²) in [5.74, 6) is -1.96. The number of amides is 1. The lowest BCUT2D eigenvalue weighted by Crippen LogP contribution is -2.45. The van der Waals surface area contributed by atoms with Gasteiger partial charge in [0, 0.05) is 18.3 Å². The van der Waals surface area contributed by atoms with Gasteiger partial charge in [0.25, 0.3) is 10.0 Å². The van der Waals surface area contributed by atoms with Gasteiger partial charge in [-0.05, 0) is 55.7 Å². The van der Waals surface area contributed by atoms with Crippen LogP contribution in [0.2, 0.25) is 0 Å². The fourth-order valence-electron chi connectivity index (χ4n) is 4.83. The zero-order chi connectivity index (χ0) is 28.4. The molecular weight excluding hydrogens is 551 g/mol.